The average molecular weight is 262 g/mol. The second-order valence-corrected chi connectivity index (χ2v) is 6.72. The Morgan fingerprint density at radius 1 is 1.18 bits per heavy atom. The predicted octanol–water partition coefficient (Wildman–Crippen LogP) is 1.47. The van der Waals surface area contributed by atoms with Crippen LogP contribution in [0.1, 0.15) is 32.1 Å². The molecule has 102 valence electrons. The maximum absolute atomic E-state index is 5.76. The molecule has 1 fully saturated rings. The first kappa shape index (κ1) is 15.1. The number of methoxy groups -OCH3 is 3. The van der Waals surface area contributed by atoms with E-state index in [1.807, 2.05) is 0 Å². The minimum Gasteiger partial charge on any atom is -0.382 e. The molecule has 1 saturated heterocycles. The van der Waals surface area contributed by atoms with Gasteiger partial charge >= 0.3 is 0 Å². The van der Waals surface area contributed by atoms with Crippen LogP contribution in [0.5, 0.6) is 0 Å². The Kier molecular flexibility index (Phi) is 7.30. The standard InChI is InChI=1S/C12H26O4Si/c1-13-12(14-2,15-3)8-6-10-17-11-7-4-5-9-16-11/h11H,4-10,17H2,1-3H3. The number of ether oxygens (including phenoxy) is 4. The molecule has 0 radical (unpaired) electrons. The number of hydrogen-bond acceptors (Lipinski definition) is 4. The van der Waals surface area contributed by atoms with Gasteiger partial charge in [0.1, 0.15) is 0 Å². The van der Waals surface area contributed by atoms with Gasteiger partial charge in [-0.05, 0) is 25.7 Å². The minimum atomic E-state index is -0.845. The quantitative estimate of drug-likeness (QED) is 0.377. The fraction of sp³-hybridized carbons (Fsp3) is 1.00. The smallest absolute Gasteiger partial charge is 0.282 e. The van der Waals surface area contributed by atoms with Gasteiger partial charge in [-0.2, -0.15) is 0 Å². The van der Waals surface area contributed by atoms with E-state index in [0.717, 1.165) is 19.4 Å². The highest BCUT2D eigenvalue weighted by atomic mass is 28.2. The Morgan fingerprint density at radius 3 is 2.41 bits per heavy atom. The topological polar surface area (TPSA) is 36.9 Å². The summed E-state index contributed by atoms with van der Waals surface area (Å²) in [6.45, 7) is 0.968. The van der Waals surface area contributed by atoms with Gasteiger partial charge in [-0.3, -0.25) is 0 Å². The van der Waals surface area contributed by atoms with Crippen LogP contribution in [0.25, 0.3) is 0 Å². The van der Waals surface area contributed by atoms with Crippen molar-refractivity contribution < 1.29 is 18.9 Å². The van der Waals surface area contributed by atoms with E-state index in [1.165, 1.54) is 25.3 Å². The fourth-order valence-corrected chi connectivity index (χ4v) is 4.21. The molecule has 0 N–H and O–H groups in total. The molecule has 0 bridgehead atoms. The normalized spacial score (nSPS) is 22.4. The molecule has 1 unspecified atom stereocenters. The molecular weight excluding hydrogens is 236 g/mol. The van der Waals surface area contributed by atoms with Crippen molar-refractivity contribution in [3.8, 4) is 0 Å². The van der Waals surface area contributed by atoms with Crippen molar-refractivity contribution in [2.24, 2.45) is 0 Å². The molecule has 0 aromatic rings. The average Bonchev–Trinajstić information content (AvgIpc) is 2.41. The van der Waals surface area contributed by atoms with Gasteiger partial charge in [0, 0.05) is 40.1 Å². The molecule has 5 heteroatoms. The van der Waals surface area contributed by atoms with Gasteiger partial charge in [0.15, 0.2) is 0 Å². The van der Waals surface area contributed by atoms with Crippen LogP contribution in [-0.4, -0.2) is 49.2 Å². The molecular formula is C12H26O4Si. The summed E-state index contributed by atoms with van der Waals surface area (Å²) in [5.41, 5.74) is 0.603. The Hall–Kier alpha value is 0.0569. The maximum Gasteiger partial charge on any atom is 0.282 e. The highest BCUT2D eigenvalue weighted by molar-refractivity contribution is 6.37. The Balaban J connectivity index is 2.13. The monoisotopic (exact) mass is 262 g/mol. The van der Waals surface area contributed by atoms with E-state index >= 15 is 0 Å². The zero-order chi connectivity index (χ0) is 12.6. The lowest BCUT2D eigenvalue weighted by Gasteiger charge is -2.29. The van der Waals surface area contributed by atoms with Gasteiger partial charge < -0.3 is 18.9 Å². The largest absolute Gasteiger partial charge is 0.382 e. The number of hydrogen-bond donors (Lipinski definition) is 0. The van der Waals surface area contributed by atoms with Crippen molar-refractivity contribution in [2.75, 3.05) is 27.9 Å². The van der Waals surface area contributed by atoms with Crippen molar-refractivity contribution in [3.05, 3.63) is 0 Å². The van der Waals surface area contributed by atoms with Crippen molar-refractivity contribution in [3.63, 3.8) is 0 Å². The molecule has 0 aromatic carbocycles. The zero-order valence-corrected chi connectivity index (χ0v) is 12.8. The molecule has 4 nitrogen and oxygen atoms in total. The zero-order valence-electron chi connectivity index (χ0n) is 11.4. The SMILES string of the molecule is COC(CCC[SiH2]C1CCCCO1)(OC)OC. The third-order valence-electron chi connectivity index (χ3n) is 3.47. The van der Waals surface area contributed by atoms with Crippen molar-refractivity contribution in [1.82, 2.24) is 0 Å². The molecule has 1 heterocycles. The second-order valence-electron chi connectivity index (χ2n) is 4.53. The molecule has 0 amide bonds. The summed E-state index contributed by atoms with van der Waals surface area (Å²) in [7, 11) is 4.74. The van der Waals surface area contributed by atoms with Gasteiger partial charge in [0.25, 0.3) is 5.97 Å². The van der Waals surface area contributed by atoms with Crippen molar-refractivity contribution in [2.45, 2.75) is 49.8 Å². The summed E-state index contributed by atoms with van der Waals surface area (Å²) in [6, 6.07) is 1.27. The van der Waals surface area contributed by atoms with Crippen LogP contribution in [0, 0.1) is 0 Å². The van der Waals surface area contributed by atoms with Crippen LogP contribution < -0.4 is 0 Å². The molecule has 1 aliphatic rings. The summed E-state index contributed by atoms with van der Waals surface area (Å²) in [5, 5.41) is 0. The Bertz CT molecular complexity index is 183. The van der Waals surface area contributed by atoms with Crippen molar-refractivity contribution in [1.29, 1.82) is 0 Å². The Morgan fingerprint density at radius 2 is 1.88 bits per heavy atom. The summed E-state index contributed by atoms with van der Waals surface area (Å²) in [6.07, 6.45) is 5.73. The lowest BCUT2D eigenvalue weighted by atomic mass is 10.2. The van der Waals surface area contributed by atoms with E-state index in [1.54, 1.807) is 21.3 Å². The molecule has 1 atom stereocenters. The molecule has 0 aromatic heterocycles. The fourth-order valence-electron chi connectivity index (χ4n) is 2.30. The minimum absolute atomic E-state index is 0.115. The maximum atomic E-state index is 5.76. The van der Waals surface area contributed by atoms with Crippen LogP contribution >= 0.6 is 0 Å². The summed E-state index contributed by atoms with van der Waals surface area (Å²) in [5.74, 6) is -0.845. The van der Waals surface area contributed by atoms with Crippen LogP contribution in [0.15, 0.2) is 0 Å². The first-order chi connectivity index (χ1) is 8.26. The van der Waals surface area contributed by atoms with Gasteiger partial charge in [-0.25, -0.2) is 0 Å². The lowest BCUT2D eigenvalue weighted by Crippen LogP contribution is -2.36. The highest BCUT2D eigenvalue weighted by Crippen LogP contribution is 2.21. The lowest BCUT2D eigenvalue weighted by molar-refractivity contribution is -0.355. The molecule has 0 saturated carbocycles. The third-order valence-corrected chi connectivity index (χ3v) is 5.66. The van der Waals surface area contributed by atoms with E-state index < -0.39 is 5.97 Å². The molecule has 0 spiro atoms. The Labute approximate surface area is 107 Å². The highest BCUT2D eigenvalue weighted by Gasteiger charge is 2.28. The van der Waals surface area contributed by atoms with Gasteiger partial charge in [0.05, 0.1) is 9.52 Å². The molecule has 0 aliphatic carbocycles. The second kappa shape index (κ2) is 8.21. The summed E-state index contributed by atoms with van der Waals surface area (Å²) < 4.78 is 21.6. The molecule has 1 rings (SSSR count). The van der Waals surface area contributed by atoms with E-state index in [9.17, 15) is 0 Å². The van der Waals surface area contributed by atoms with Crippen LogP contribution in [-0.2, 0) is 18.9 Å². The van der Waals surface area contributed by atoms with E-state index in [0.29, 0.717) is 5.73 Å². The predicted molar refractivity (Wildman–Crippen MR) is 69.9 cm³/mol. The summed E-state index contributed by atoms with van der Waals surface area (Å²) >= 11 is 0. The van der Waals surface area contributed by atoms with Gasteiger partial charge in [-0.15, -0.1) is 0 Å². The van der Waals surface area contributed by atoms with E-state index in [4.69, 9.17) is 18.9 Å². The molecule has 1 aliphatic heterocycles. The van der Waals surface area contributed by atoms with Gasteiger partial charge in [-0.1, -0.05) is 6.04 Å². The summed E-state index contributed by atoms with van der Waals surface area (Å²) in [4.78, 5) is 0. The van der Waals surface area contributed by atoms with E-state index in [-0.39, 0.29) is 9.52 Å². The third kappa shape index (κ3) is 5.05. The van der Waals surface area contributed by atoms with Crippen LogP contribution in [0.2, 0.25) is 6.04 Å². The first-order valence-corrected chi connectivity index (χ1v) is 8.35. The van der Waals surface area contributed by atoms with Crippen LogP contribution in [0.4, 0.5) is 0 Å². The first-order valence-electron chi connectivity index (χ1n) is 6.53. The van der Waals surface area contributed by atoms with E-state index in [2.05, 4.69) is 0 Å². The van der Waals surface area contributed by atoms with Crippen molar-refractivity contribution >= 4 is 9.52 Å². The van der Waals surface area contributed by atoms with Gasteiger partial charge in [0.2, 0.25) is 0 Å². The number of rotatable bonds is 8. The molecule has 17 heavy (non-hydrogen) atoms. The van der Waals surface area contributed by atoms with Crippen LogP contribution in [0.3, 0.4) is 0 Å².